The van der Waals surface area contributed by atoms with Gasteiger partial charge in [-0.1, -0.05) is 0 Å². The predicted molar refractivity (Wildman–Crippen MR) is 67.4 cm³/mol. The molecule has 0 saturated heterocycles. The van der Waals surface area contributed by atoms with Crippen molar-refractivity contribution in [3.05, 3.63) is 48.2 Å². The van der Waals surface area contributed by atoms with Gasteiger partial charge in [-0.25, -0.2) is 0 Å². The molecule has 0 spiro atoms. The third-order valence-corrected chi connectivity index (χ3v) is 2.49. The van der Waals surface area contributed by atoms with Crippen LogP contribution in [0.4, 0.5) is 0 Å². The largest absolute Gasteiger partial charge is 0.467 e. The molecule has 0 radical (unpaired) electrons. The molecule has 0 aliphatic rings. The number of aryl methyl sites for hydroxylation is 1. The first-order valence-electron chi connectivity index (χ1n) is 5.59. The average Bonchev–Trinajstić information content (AvgIpc) is 2.97. The lowest BCUT2D eigenvalue weighted by Gasteiger charge is -2.12. The minimum Gasteiger partial charge on any atom is -0.467 e. The fourth-order valence-corrected chi connectivity index (χ4v) is 1.54. The second-order valence-corrected chi connectivity index (χ2v) is 4.05. The van der Waals surface area contributed by atoms with Crippen molar-refractivity contribution in [2.24, 2.45) is 7.05 Å². The van der Waals surface area contributed by atoms with Crippen molar-refractivity contribution < 1.29 is 9.21 Å². The number of aromatic nitrogens is 2. The molecular weight excluding hydrogens is 230 g/mol. The number of carbonyl (C=O) groups is 1. The Morgan fingerprint density at radius 1 is 1.61 bits per heavy atom. The van der Waals surface area contributed by atoms with Crippen molar-refractivity contribution in [2.45, 2.75) is 6.54 Å². The quantitative estimate of drug-likeness (QED) is 0.770. The Labute approximate surface area is 105 Å². The van der Waals surface area contributed by atoms with E-state index in [-0.39, 0.29) is 5.91 Å². The van der Waals surface area contributed by atoms with E-state index < -0.39 is 0 Å². The molecular formula is C13H15N3O2. The molecule has 18 heavy (non-hydrogen) atoms. The van der Waals surface area contributed by atoms with Crippen molar-refractivity contribution in [3.8, 4) is 0 Å². The minimum atomic E-state index is -0.0738. The van der Waals surface area contributed by atoms with Crippen molar-refractivity contribution in [2.75, 3.05) is 7.05 Å². The highest BCUT2D eigenvalue weighted by atomic mass is 16.3. The number of hydrogen-bond acceptors (Lipinski definition) is 3. The summed E-state index contributed by atoms with van der Waals surface area (Å²) in [7, 11) is 3.57. The maximum absolute atomic E-state index is 11.8. The summed E-state index contributed by atoms with van der Waals surface area (Å²) >= 11 is 0. The van der Waals surface area contributed by atoms with Gasteiger partial charge in [-0.05, 0) is 18.2 Å². The van der Waals surface area contributed by atoms with Gasteiger partial charge in [0.25, 0.3) is 0 Å². The van der Waals surface area contributed by atoms with Gasteiger partial charge in [0.15, 0.2) is 0 Å². The van der Waals surface area contributed by atoms with E-state index in [9.17, 15) is 4.79 Å². The lowest BCUT2D eigenvalue weighted by atomic mass is 10.3. The molecule has 2 rings (SSSR count). The lowest BCUT2D eigenvalue weighted by Crippen LogP contribution is -2.23. The molecule has 0 saturated carbocycles. The third kappa shape index (κ3) is 3.10. The monoisotopic (exact) mass is 245 g/mol. The number of hydrogen-bond donors (Lipinski definition) is 0. The molecule has 5 nitrogen and oxygen atoms in total. The Bertz CT molecular complexity index is 540. The molecule has 1 amide bonds. The Kier molecular flexibility index (Phi) is 3.62. The average molecular weight is 245 g/mol. The zero-order chi connectivity index (χ0) is 13.0. The molecule has 0 N–H and O–H groups in total. The maximum atomic E-state index is 11.8. The molecule has 5 heteroatoms. The van der Waals surface area contributed by atoms with Gasteiger partial charge in [0, 0.05) is 31.9 Å². The second-order valence-electron chi connectivity index (χ2n) is 4.05. The van der Waals surface area contributed by atoms with E-state index >= 15 is 0 Å². The van der Waals surface area contributed by atoms with Crippen LogP contribution in [0, 0.1) is 0 Å². The smallest absolute Gasteiger partial charge is 0.246 e. The summed E-state index contributed by atoms with van der Waals surface area (Å²) in [6.45, 7) is 0.462. The molecule has 0 bridgehead atoms. The Hall–Kier alpha value is -2.30. The number of nitrogens with zero attached hydrogens (tertiary/aromatic N) is 3. The van der Waals surface area contributed by atoms with Gasteiger partial charge in [0.05, 0.1) is 19.0 Å². The van der Waals surface area contributed by atoms with Crippen LogP contribution in [0.15, 0.2) is 41.3 Å². The normalized spacial score (nSPS) is 11.0. The van der Waals surface area contributed by atoms with Crippen LogP contribution >= 0.6 is 0 Å². The van der Waals surface area contributed by atoms with E-state index in [0.29, 0.717) is 6.54 Å². The highest BCUT2D eigenvalue weighted by molar-refractivity contribution is 5.91. The second kappa shape index (κ2) is 5.35. The summed E-state index contributed by atoms with van der Waals surface area (Å²) in [5.41, 5.74) is 0.900. The lowest BCUT2D eigenvalue weighted by molar-refractivity contribution is -0.125. The van der Waals surface area contributed by atoms with Gasteiger partial charge < -0.3 is 9.32 Å². The molecule has 2 heterocycles. The molecule has 0 unspecified atom stereocenters. The van der Waals surface area contributed by atoms with Crippen LogP contribution in [0.5, 0.6) is 0 Å². The van der Waals surface area contributed by atoms with E-state index in [1.54, 1.807) is 41.2 Å². The van der Waals surface area contributed by atoms with Crippen LogP contribution in [0.25, 0.3) is 6.08 Å². The molecule has 0 aromatic carbocycles. The number of furan rings is 1. The van der Waals surface area contributed by atoms with E-state index in [1.165, 1.54) is 6.08 Å². The molecule has 0 aliphatic carbocycles. The highest BCUT2D eigenvalue weighted by Gasteiger charge is 2.07. The van der Waals surface area contributed by atoms with Crippen LogP contribution in [0.1, 0.15) is 11.3 Å². The van der Waals surface area contributed by atoms with Crippen LogP contribution in [-0.4, -0.2) is 27.6 Å². The first-order valence-corrected chi connectivity index (χ1v) is 5.59. The van der Waals surface area contributed by atoms with Gasteiger partial charge in [0.2, 0.25) is 5.91 Å². The number of carbonyl (C=O) groups excluding carboxylic acids is 1. The van der Waals surface area contributed by atoms with E-state index in [1.807, 2.05) is 19.3 Å². The van der Waals surface area contributed by atoms with E-state index in [4.69, 9.17) is 4.42 Å². The van der Waals surface area contributed by atoms with Gasteiger partial charge in [-0.2, -0.15) is 5.10 Å². The van der Waals surface area contributed by atoms with Crippen molar-refractivity contribution >= 4 is 12.0 Å². The summed E-state index contributed by atoms with van der Waals surface area (Å²) in [5, 5.41) is 4.03. The zero-order valence-electron chi connectivity index (χ0n) is 10.4. The summed E-state index contributed by atoms with van der Waals surface area (Å²) in [4.78, 5) is 13.4. The van der Waals surface area contributed by atoms with Crippen LogP contribution in [0.3, 0.4) is 0 Å². The summed E-state index contributed by atoms with van der Waals surface area (Å²) in [6, 6.07) is 3.65. The zero-order valence-corrected chi connectivity index (χ0v) is 10.4. The predicted octanol–water partition coefficient (Wildman–Crippen LogP) is 1.68. The third-order valence-electron chi connectivity index (χ3n) is 2.49. The number of amides is 1. The van der Waals surface area contributed by atoms with Gasteiger partial charge in [-0.15, -0.1) is 0 Å². The SMILES string of the molecule is CN(Cc1ccco1)C(=O)C=Cc1cnn(C)c1. The first kappa shape index (κ1) is 12.2. The number of likely N-dealkylation sites (N-methyl/N-ethyl adjacent to an activating group) is 1. The fraction of sp³-hybridized carbons (Fsp3) is 0.231. The molecule has 0 fully saturated rings. The fourth-order valence-electron chi connectivity index (χ4n) is 1.54. The van der Waals surface area contributed by atoms with E-state index in [0.717, 1.165) is 11.3 Å². The van der Waals surface area contributed by atoms with Crippen molar-refractivity contribution in [3.63, 3.8) is 0 Å². The van der Waals surface area contributed by atoms with Crippen molar-refractivity contribution in [1.29, 1.82) is 0 Å². The maximum Gasteiger partial charge on any atom is 0.246 e. The molecule has 0 atom stereocenters. The van der Waals surface area contributed by atoms with Crippen LogP contribution in [0.2, 0.25) is 0 Å². The number of rotatable bonds is 4. The van der Waals surface area contributed by atoms with Gasteiger partial charge >= 0.3 is 0 Å². The summed E-state index contributed by atoms with van der Waals surface area (Å²) < 4.78 is 6.88. The van der Waals surface area contributed by atoms with Crippen LogP contribution in [-0.2, 0) is 18.4 Å². The molecule has 94 valence electrons. The summed E-state index contributed by atoms with van der Waals surface area (Å²) in [5.74, 6) is 0.691. The molecule has 0 aliphatic heterocycles. The van der Waals surface area contributed by atoms with Gasteiger partial charge in [-0.3, -0.25) is 9.48 Å². The van der Waals surface area contributed by atoms with Crippen molar-refractivity contribution in [1.82, 2.24) is 14.7 Å². The molecule has 2 aromatic rings. The first-order chi connectivity index (χ1) is 8.65. The Balaban J connectivity index is 1.93. The van der Waals surface area contributed by atoms with E-state index in [2.05, 4.69) is 5.10 Å². The Morgan fingerprint density at radius 2 is 2.44 bits per heavy atom. The topological polar surface area (TPSA) is 51.3 Å². The standard InChI is InChI=1S/C13H15N3O2/c1-15(10-12-4-3-7-18-12)13(17)6-5-11-8-14-16(2)9-11/h3-9H,10H2,1-2H3. The Morgan fingerprint density at radius 3 is 3.06 bits per heavy atom. The van der Waals surface area contributed by atoms with Crippen LogP contribution < -0.4 is 0 Å². The molecule has 2 aromatic heterocycles. The highest BCUT2D eigenvalue weighted by Crippen LogP contribution is 2.05. The minimum absolute atomic E-state index is 0.0738. The summed E-state index contributed by atoms with van der Waals surface area (Å²) in [6.07, 6.45) is 8.42. The van der Waals surface area contributed by atoms with Gasteiger partial charge in [0.1, 0.15) is 5.76 Å².